The Morgan fingerprint density at radius 1 is 1.17 bits per heavy atom. The van der Waals surface area contributed by atoms with Crippen LogP contribution in [0.25, 0.3) is 0 Å². The van der Waals surface area contributed by atoms with Gasteiger partial charge in [0, 0.05) is 45.8 Å². The summed E-state index contributed by atoms with van der Waals surface area (Å²) >= 11 is 0. The minimum Gasteiger partial charge on any atom is -0.735 e. The molecule has 0 aromatic rings. The minimum absolute atomic E-state index is 0.0201. The Bertz CT molecular complexity index is 429. The first-order valence-electron chi connectivity index (χ1n) is 7.78. The van der Waals surface area contributed by atoms with E-state index in [4.69, 9.17) is 4.74 Å². The highest BCUT2D eigenvalue weighted by Crippen LogP contribution is 2.03. The molecule has 9 nitrogen and oxygen atoms in total. The highest BCUT2D eigenvalue weighted by molar-refractivity contribution is 7.83. The molecule has 0 saturated carbocycles. The van der Waals surface area contributed by atoms with Crippen LogP contribution in [-0.2, 0) is 15.0 Å². The molecule has 0 aromatic heterocycles. The van der Waals surface area contributed by atoms with Gasteiger partial charge in [0.2, 0.25) is 0 Å². The molecule has 23 heavy (non-hydrogen) atoms. The molecule has 2 N–H and O–H groups in total. The van der Waals surface area contributed by atoms with Gasteiger partial charge in [-0.1, -0.05) is 6.92 Å². The largest absolute Gasteiger partial charge is 0.735 e. The number of hydrogen-bond donors (Lipinski definition) is 2. The Hall–Kier alpha value is -0.330. The quantitative estimate of drug-likeness (QED) is 0.423. The summed E-state index contributed by atoms with van der Waals surface area (Å²) in [6, 6.07) is 0. The first-order valence-corrected chi connectivity index (χ1v) is 9.14. The number of ether oxygens (including phenoxy) is 1. The Kier molecular flexibility index (Phi) is 8.86. The number of aliphatic hydroxyl groups is 2. The molecular formula is C13H28N3O6S-. The highest BCUT2D eigenvalue weighted by atomic mass is 32.2. The summed E-state index contributed by atoms with van der Waals surface area (Å²) in [6.45, 7) is 5.27. The molecule has 1 aliphatic rings. The van der Waals surface area contributed by atoms with Gasteiger partial charge < -0.3 is 24.4 Å². The van der Waals surface area contributed by atoms with Gasteiger partial charge in [-0.15, -0.1) is 0 Å². The topological polar surface area (TPSA) is 117 Å². The summed E-state index contributed by atoms with van der Waals surface area (Å²) in [5, 5.41) is 20.0. The van der Waals surface area contributed by atoms with Crippen molar-refractivity contribution in [2.75, 3.05) is 66.1 Å². The lowest BCUT2D eigenvalue weighted by molar-refractivity contribution is 0.00514. The van der Waals surface area contributed by atoms with Gasteiger partial charge in [0.05, 0.1) is 25.4 Å². The molecule has 0 aromatic carbocycles. The molecule has 1 saturated heterocycles. The third kappa shape index (κ3) is 8.36. The van der Waals surface area contributed by atoms with E-state index in [1.165, 1.54) is 6.92 Å². The first kappa shape index (κ1) is 20.7. The summed E-state index contributed by atoms with van der Waals surface area (Å²) in [5.74, 6) is 0. The zero-order valence-corrected chi connectivity index (χ0v) is 14.6. The Morgan fingerprint density at radius 3 is 2.26 bits per heavy atom. The van der Waals surface area contributed by atoms with Gasteiger partial charge in [0.15, 0.2) is 10.3 Å². The molecule has 2 unspecified atom stereocenters. The van der Waals surface area contributed by atoms with E-state index < -0.39 is 22.5 Å². The fourth-order valence-electron chi connectivity index (χ4n) is 2.60. The lowest BCUT2D eigenvalue weighted by Gasteiger charge is -2.31. The van der Waals surface area contributed by atoms with E-state index in [9.17, 15) is 23.2 Å². The molecule has 0 amide bonds. The molecule has 1 aliphatic heterocycles. The maximum Gasteiger partial charge on any atom is 0.162 e. The maximum atomic E-state index is 11.0. The normalized spacial score (nSPS) is 20.1. The lowest BCUT2D eigenvalue weighted by atomic mass is 10.2. The van der Waals surface area contributed by atoms with Crippen LogP contribution < -0.4 is 0 Å². The summed E-state index contributed by atoms with van der Waals surface area (Å²) < 4.78 is 38.9. The van der Waals surface area contributed by atoms with Crippen molar-refractivity contribution in [2.45, 2.75) is 19.1 Å². The number of likely N-dealkylation sites (N-methyl/N-ethyl adjacent to an activating group) is 2. The van der Waals surface area contributed by atoms with Crippen molar-refractivity contribution in [3.8, 4) is 0 Å². The van der Waals surface area contributed by atoms with Gasteiger partial charge >= 0.3 is 0 Å². The van der Waals surface area contributed by atoms with Crippen LogP contribution in [0.5, 0.6) is 0 Å². The zero-order chi connectivity index (χ0) is 17.5. The van der Waals surface area contributed by atoms with Gasteiger partial charge in [-0.25, -0.2) is 12.7 Å². The number of nitrogens with zero attached hydrogens (tertiary/aromatic N) is 3. The van der Waals surface area contributed by atoms with E-state index in [1.807, 2.05) is 0 Å². The fraction of sp³-hybridized carbons (Fsp3) is 1.00. The van der Waals surface area contributed by atoms with Gasteiger partial charge in [-0.05, 0) is 7.05 Å². The van der Waals surface area contributed by atoms with E-state index in [1.54, 1.807) is 11.9 Å². The van der Waals surface area contributed by atoms with Crippen molar-refractivity contribution in [1.82, 2.24) is 14.1 Å². The number of morpholine rings is 1. The predicted octanol–water partition coefficient (Wildman–Crippen LogP) is -2.25. The van der Waals surface area contributed by atoms with Crippen molar-refractivity contribution in [1.29, 1.82) is 0 Å². The highest BCUT2D eigenvalue weighted by Gasteiger charge is 2.19. The smallest absolute Gasteiger partial charge is 0.162 e. The molecule has 0 bridgehead atoms. The second-order valence-corrected chi connectivity index (χ2v) is 7.22. The van der Waals surface area contributed by atoms with Gasteiger partial charge in [0.1, 0.15) is 0 Å². The molecule has 10 heteroatoms. The molecular weight excluding hydrogens is 326 g/mol. The second-order valence-electron chi connectivity index (χ2n) is 5.85. The average Bonchev–Trinajstić information content (AvgIpc) is 2.44. The average molecular weight is 354 g/mol. The second kappa shape index (κ2) is 9.84. The summed E-state index contributed by atoms with van der Waals surface area (Å²) in [7, 11) is -2.82. The van der Waals surface area contributed by atoms with Gasteiger partial charge in [0.25, 0.3) is 0 Å². The summed E-state index contributed by atoms with van der Waals surface area (Å²) in [6.07, 6.45) is -1.56. The van der Waals surface area contributed by atoms with Crippen LogP contribution in [0.15, 0.2) is 0 Å². The number of rotatable bonds is 10. The van der Waals surface area contributed by atoms with Crippen molar-refractivity contribution >= 4 is 10.3 Å². The molecule has 1 fully saturated rings. The van der Waals surface area contributed by atoms with E-state index in [2.05, 4.69) is 4.90 Å². The molecule has 1 rings (SSSR count). The lowest BCUT2D eigenvalue weighted by Crippen LogP contribution is -2.46. The Labute approximate surface area is 138 Å². The molecule has 0 radical (unpaired) electrons. The van der Waals surface area contributed by atoms with Crippen molar-refractivity contribution in [3.05, 3.63) is 0 Å². The molecule has 138 valence electrons. The SMILES string of the molecule is CCN(CC(O)CN(C)CC(O)CN1CCOCC1)S(=O)(=O)[O-]. The monoisotopic (exact) mass is 354 g/mol. The van der Waals surface area contributed by atoms with Crippen molar-refractivity contribution < 1.29 is 27.9 Å². The van der Waals surface area contributed by atoms with Crippen LogP contribution in [0.3, 0.4) is 0 Å². The Balaban J connectivity index is 2.32. The number of hydrogen-bond acceptors (Lipinski definition) is 8. The number of aliphatic hydroxyl groups excluding tert-OH is 2. The van der Waals surface area contributed by atoms with Crippen molar-refractivity contribution in [3.63, 3.8) is 0 Å². The Morgan fingerprint density at radius 2 is 1.74 bits per heavy atom. The maximum absolute atomic E-state index is 11.0. The van der Waals surface area contributed by atoms with Crippen LogP contribution in [0, 0.1) is 0 Å². The van der Waals surface area contributed by atoms with Crippen LogP contribution >= 0.6 is 0 Å². The predicted molar refractivity (Wildman–Crippen MR) is 83.7 cm³/mol. The third-order valence-corrected chi connectivity index (χ3v) is 4.74. The molecule has 0 spiro atoms. The van der Waals surface area contributed by atoms with Gasteiger partial charge in [-0.3, -0.25) is 4.90 Å². The van der Waals surface area contributed by atoms with E-state index in [0.717, 1.165) is 13.1 Å². The van der Waals surface area contributed by atoms with E-state index >= 15 is 0 Å². The van der Waals surface area contributed by atoms with E-state index in [0.29, 0.717) is 30.6 Å². The first-order chi connectivity index (χ1) is 10.7. The molecule has 1 heterocycles. The van der Waals surface area contributed by atoms with Crippen LogP contribution in [0.2, 0.25) is 0 Å². The van der Waals surface area contributed by atoms with E-state index in [-0.39, 0.29) is 19.6 Å². The number of β-amino-alcohol motifs (C(OH)–C–C–N with tert-alkyl or cyclic N) is 1. The van der Waals surface area contributed by atoms with Crippen LogP contribution in [0.1, 0.15) is 6.92 Å². The zero-order valence-electron chi connectivity index (χ0n) is 13.8. The standard InChI is InChI=1S/C13H29N3O6S/c1-3-16(23(19,20)21)11-13(18)9-14(2)8-12(17)10-15-4-6-22-7-5-15/h12-13,17-18H,3-11H2,1-2H3,(H,19,20,21)/p-1. The van der Waals surface area contributed by atoms with Crippen molar-refractivity contribution in [2.24, 2.45) is 0 Å². The van der Waals surface area contributed by atoms with Gasteiger partial charge in [-0.2, -0.15) is 0 Å². The molecule has 0 aliphatic carbocycles. The minimum atomic E-state index is -4.55. The fourth-order valence-corrected chi connectivity index (χ4v) is 3.28. The van der Waals surface area contributed by atoms with Crippen LogP contribution in [-0.4, -0.2) is 116 Å². The summed E-state index contributed by atoms with van der Waals surface area (Å²) in [4.78, 5) is 3.84. The molecule has 2 atom stereocenters. The summed E-state index contributed by atoms with van der Waals surface area (Å²) in [5.41, 5.74) is 0. The van der Waals surface area contributed by atoms with Crippen LogP contribution in [0.4, 0.5) is 0 Å². The third-order valence-electron chi connectivity index (χ3n) is 3.70.